The molecule has 0 aromatic heterocycles. The lowest BCUT2D eigenvalue weighted by Crippen LogP contribution is -2.14. The smallest absolute Gasteiger partial charge is 0.142 e. The third-order valence-corrected chi connectivity index (χ3v) is 3.84. The Hall–Kier alpha value is -0.930. The Morgan fingerprint density at radius 1 is 1.50 bits per heavy atom. The molecule has 100 valence electrons. The number of phenolic OH excluding ortho intramolecular Hbond substituents is 1. The van der Waals surface area contributed by atoms with Gasteiger partial charge >= 0.3 is 0 Å². The van der Waals surface area contributed by atoms with E-state index in [1.165, 1.54) is 18.9 Å². The molecular formula is C14H20ClNO2. The van der Waals surface area contributed by atoms with E-state index < -0.39 is 0 Å². The van der Waals surface area contributed by atoms with Gasteiger partial charge in [-0.1, -0.05) is 24.9 Å². The van der Waals surface area contributed by atoms with Crippen molar-refractivity contribution < 1.29 is 9.84 Å². The average Bonchev–Trinajstić information content (AvgIpc) is 2.77. The number of rotatable bonds is 4. The number of phenols is 1. The predicted molar refractivity (Wildman–Crippen MR) is 73.4 cm³/mol. The van der Waals surface area contributed by atoms with Crippen LogP contribution < -0.4 is 10.1 Å². The third-order valence-electron chi connectivity index (χ3n) is 3.56. The van der Waals surface area contributed by atoms with E-state index in [1.807, 2.05) is 0 Å². The molecule has 1 aliphatic heterocycles. The third kappa shape index (κ3) is 2.73. The Labute approximate surface area is 113 Å². The van der Waals surface area contributed by atoms with Gasteiger partial charge < -0.3 is 15.2 Å². The summed E-state index contributed by atoms with van der Waals surface area (Å²) >= 11 is 6.10. The summed E-state index contributed by atoms with van der Waals surface area (Å²) in [6, 6.07) is 3.49. The van der Waals surface area contributed by atoms with Crippen molar-refractivity contribution in [1.29, 1.82) is 0 Å². The van der Waals surface area contributed by atoms with Gasteiger partial charge in [0.05, 0.1) is 12.1 Å². The topological polar surface area (TPSA) is 41.5 Å². The molecule has 0 radical (unpaired) electrons. The lowest BCUT2D eigenvalue weighted by atomic mass is 9.96. The van der Waals surface area contributed by atoms with Gasteiger partial charge in [-0.25, -0.2) is 0 Å². The van der Waals surface area contributed by atoms with Crippen molar-refractivity contribution in [1.82, 2.24) is 5.32 Å². The first-order valence-corrected chi connectivity index (χ1v) is 6.83. The minimum Gasteiger partial charge on any atom is -0.508 e. The molecule has 0 aliphatic carbocycles. The minimum absolute atomic E-state index is 0.191. The molecule has 4 heteroatoms. The van der Waals surface area contributed by atoms with Crippen molar-refractivity contribution in [2.75, 3.05) is 13.7 Å². The van der Waals surface area contributed by atoms with Gasteiger partial charge in [-0.3, -0.25) is 0 Å². The van der Waals surface area contributed by atoms with Crippen LogP contribution in [0.25, 0.3) is 0 Å². The standard InChI is InChI=1S/C14H20ClNO2/c1-3-4-9-5-13(16-8-9)11-6-10(17)7-12(15)14(11)18-2/h6-7,9,13,16-17H,3-5,8H2,1-2H3. The van der Waals surface area contributed by atoms with Crippen LogP contribution in [0.3, 0.4) is 0 Å². The summed E-state index contributed by atoms with van der Waals surface area (Å²) in [4.78, 5) is 0. The Balaban J connectivity index is 2.23. The molecule has 2 unspecified atom stereocenters. The predicted octanol–water partition coefficient (Wildman–Crippen LogP) is 3.50. The van der Waals surface area contributed by atoms with Crippen LogP contribution in [0.5, 0.6) is 11.5 Å². The number of hydrogen-bond donors (Lipinski definition) is 2. The summed E-state index contributed by atoms with van der Waals surface area (Å²) in [6.07, 6.45) is 3.51. The van der Waals surface area contributed by atoms with Gasteiger partial charge in [0, 0.05) is 17.7 Å². The van der Waals surface area contributed by atoms with Crippen molar-refractivity contribution in [3.05, 3.63) is 22.7 Å². The fourth-order valence-electron chi connectivity index (χ4n) is 2.75. The van der Waals surface area contributed by atoms with E-state index >= 15 is 0 Å². The van der Waals surface area contributed by atoms with E-state index in [0.717, 1.165) is 18.5 Å². The van der Waals surface area contributed by atoms with E-state index in [2.05, 4.69) is 12.2 Å². The highest BCUT2D eigenvalue weighted by molar-refractivity contribution is 6.32. The van der Waals surface area contributed by atoms with E-state index in [0.29, 0.717) is 16.7 Å². The van der Waals surface area contributed by atoms with Crippen LogP contribution in [0.15, 0.2) is 12.1 Å². The number of aromatic hydroxyl groups is 1. The second-order valence-electron chi connectivity index (χ2n) is 4.90. The van der Waals surface area contributed by atoms with E-state index in [9.17, 15) is 5.11 Å². The molecule has 1 aromatic carbocycles. The first-order valence-electron chi connectivity index (χ1n) is 6.45. The van der Waals surface area contributed by atoms with Crippen LogP contribution in [-0.4, -0.2) is 18.8 Å². The van der Waals surface area contributed by atoms with Crippen LogP contribution >= 0.6 is 11.6 Å². The Bertz CT molecular complexity index is 423. The van der Waals surface area contributed by atoms with Crippen LogP contribution in [0.2, 0.25) is 5.02 Å². The van der Waals surface area contributed by atoms with Gasteiger partial charge in [0.15, 0.2) is 0 Å². The van der Waals surface area contributed by atoms with Gasteiger partial charge in [-0.2, -0.15) is 0 Å². The van der Waals surface area contributed by atoms with Crippen LogP contribution in [-0.2, 0) is 0 Å². The van der Waals surface area contributed by atoms with E-state index in [4.69, 9.17) is 16.3 Å². The van der Waals surface area contributed by atoms with Crippen LogP contribution in [0, 0.1) is 5.92 Å². The van der Waals surface area contributed by atoms with Gasteiger partial charge in [0.2, 0.25) is 0 Å². The summed E-state index contributed by atoms with van der Waals surface area (Å²) in [5, 5.41) is 13.6. The summed E-state index contributed by atoms with van der Waals surface area (Å²) in [6.45, 7) is 3.23. The quantitative estimate of drug-likeness (QED) is 0.879. The summed E-state index contributed by atoms with van der Waals surface area (Å²) in [5.41, 5.74) is 0.959. The molecule has 0 spiro atoms. The number of halogens is 1. The van der Waals surface area contributed by atoms with Gasteiger partial charge in [0.1, 0.15) is 11.5 Å². The molecule has 18 heavy (non-hydrogen) atoms. The summed E-state index contributed by atoms with van der Waals surface area (Å²) in [5.74, 6) is 1.56. The summed E-state index contributed by atoms with van der Waals surface area (Å²) in [7, 11) is 1.61. The zero-order valence-electron chi connectivity index (χ0n) is 10.9. The highest BCUT2D eigenvalue weighted by Gasteiger charge is 2.28. The average molecular weight is 270 g/mol. The number of nitrogens with one attached hydrogen (secondary N) is 1. The lowest BCUT2D eigenvalue weighted by Gasteiger charge is -2.17. The normalized spacial score (nSPS) is 23.3. The molecular weight excluding hydrogens is 250 g/mol. The largest absolute Gasteiger partial charge is 0.508 e. The fourth-order valence-corrected chi connectivity index (χ4v) is 3.05. The maximum absolute atomic E-state index is 9.68. The van der Waals surface area contributed by atoms with Crippen LogP contribution in [0.1, 0.15) is 37.8 Å². The molecule has 2 atom stereocenters. The molecule has 2 N–H and O–H groups in total. The highest BCUT2D eigenvalue weighted by atomic mass is 35.5. The molecule has 2 rings (SSSR count). The van der Waals surface area contributed by atoms with Crippen molar-refractivity contribution >= 4 is 11.6 Å². The van der Waals surface area contributed by atoms with E-state index in [1.54, 1.807) is 13.2 Å². The number of methoxy groups -OCH3 is 1. The monoisotopic (exact) mass is 269 g/mol. The van der Waals surface area contributed by atoms with Gasteiger partial charge in [-0.05, 0) is 31.4 Å². The molecule has 1 saturated heterocycles. The summed E-state index contributed by atoms with van der Waals surface area (Å²) < 4.78 is 5.36. The van der Waals surface area contributed by atoms with Crippen LogP contribution in [0.4, 0.5) is 0 Å². The SMILES string of the molecule is CCCC1CNC(c2cc(O)cc(Cl)c2OC)C1. The first-order chi connectivity index (χ1) is 8.65. The lowest BCUT2D eigenvalue weighted by molar-refractivity contribution is 0.399. The second-order valence-corrected chi connectivity index (χ2v) is 5.31. The maximum atomic E-state index is 9.68. The molecule has 0 saturated carbocycles. The molecule has 0 amide bonds. The first kappa shape index (κ1) is 13.5. The zero-order chi connectivity index (χ0) is 13.1. The van der Waals surface area contributed by atoms with E-state index in [-0.39, 0.29) is 11.8 Å². The van der Waals surface area contributed by atoms with Gasteiger partial charge in [-0.15, -0.1) is 0 Å². The van der Waals surface area contributed by atoms with Gasteiger partial charge in [0.25, 0.3) is 0 Å². The Kier molecular flexibility index (Phi) is 4.36. The Morgan fingerprint density at radius 2 is 2.28 bits per heavy atom. The van der Waals surface area contributed by atoms with Crippen molar-refractivity contribution in [3.63, 3.8) is 0 Å². The highest BCUT2D eigenvalue weighted by Crippen LogP contribution is 2.40. The van der Waals surface area contributed by atoms with Crippen molar-refractivity contribution in [3.8, 4) is 11.5 Å². The molecule has 0 bridgehead atoms. The van der Waals surface area contributed by atoms with Crippen molar-refractivity contribution in [2.24, 2.45) is 5.92 Å². The molecule has 1 aromatic rings. The molecule has 1 aliphatic rings. The number of ether oxygens (including phenoxy) is 1. The second kappa shape index (κ2) is 5.81. The minimum atomic E-state index is 0.191. The molecule has 3 nitrogen and oxygen atoms in total. The zero-order valence-corrected chi connectivity index (χ0v) is 11.6. The maximum Gasteiger partial charge on any atom is 0.142 e. The fraction of sp³-hybridized carbons (Fsp3) is 0.571. The molecule has 1 fully saturated rings. The number of benzene rings is 1. The molecule has 1 heterocycles. The van der Waals surface area contributed by atoms with Crippen molar-refractivity contribution in [2.45, 2.75) is 32.2 Å². The Morgan fingerprint density at radius 3 is 2.94 bits per heavy atom. The number of hydrogen-bond acceptors (Lipinski definition) is 3.